The third-order valence-corrected chi connectivity index (χ3v) is 7.82. The summed E-state index contributed by atoms with van der Waals surface area (Å²) in [6.45, 7) is 6.47. The summed E-state index contributed by atoms with van der Waals surface area (Å²) in [4.78, 5) is 12.0. The smallest absolute Gasteiger partial charge is 0.230 e. The lowest BCUT2D eigenvalue weighted by Crippen LogP contribution is -2.43. The molecule has 1 aliphatic heterocycles. The maximum Gasteiger partial charge on any atom is 0.230 e. The van der Waals surface area contributed by atoms with Gasteiger partial charge in [0, 0.05) is 32.8 Å². The molecule has 0 radical (unpaired) electrons. The van der Waals surface area contributed by atoms with Crippen molar-refractivity contribution in [2.45, 2.75) is 54.9 Å². The summed E-state index contributed by atoms with van der Waals surface area (Å²) >= 11 is 5.90. The predicted molar refractivity (Wildman–Crippen MR) is 85.9 cm³/mol. The van der Waals surface area contributed by atoms with Crippen LogP contribution in [0.5, 0.6) is 0 Å². The van der Waals surface area contributed by atoms with E-state index < -0.39 is 0 Å². The van der Waals surface area contributed by atoms with Gasteiger partial charge in [0.1, 0.15) is 0 Å². The van der Waals surface area contributed by atoms with Crippen LogP contribution < -0.4 is 5.32 Å². The molecule has 18 heavy (non-hydrogen) atoms. The molecule has 0 aromatic rings. The summed E-state index contributed by atoms with van der Waals surface area (Å²) in [5.41, 5.74) is 0. The molecule has 0 spiro atoms. The first-order chi connectivity index (χ1) is 8.46. The monoisotopic (exact) mass is 305 g/mol. The lowest BCUT2D eigenvalue weighted by Gasteiger charge is -2.29. The van der Waals surface area contributed by atoms with E-state index in [9.17, 15) is 4.79 Å². The van der Waals surface area contributed by atoms with Crippen molar-refractivity contribution >= 4 is 41.2 Å². The van der Waals surface area contributed by atoms with Crippen LogP contribution in [0.15, 0.2) is 0 Å². The van der Waals surface area contributed by atoms with Gasteiger partial charge in [0.25, 0.3) is 0 Å². The van der Waals surface area contributed by atoms with Crippen LogP contribution in [0.25, 0.3) is 0 Å². The second kappa shape index (κ2) is 6.31. The van der Waals surface area contributed by atoms with E-state index in [2.05, 4.69) is 49.6 Å². The van der Waals surface area contributed by atoms with Crippen molar-refractivity contribution in [3.63, 3.8) is 0 Å². The molecule has 2 nitrogen and oxygen atoms in total. The highest BCUT2D eigenvalue weighted by molar-refractivity contribution is 8.07. The van der Waals surface area contributed by atoms with E-state index in [4.69, 9.17) is 0 Å². The van der Waals surface area contributed by atoms with E-state index in [1.54, 1.807) is 11.8 Å². The molecular formula is C13H23NOS3. The van der Waals surface area contributed by atoms with Gasteiger partial charge in [-0.05, 0) is 12.8 Å². The first-order valence-electron chi connectivity index (χ1n) is 6.62. The van der Waals surface area contributed by atoms with Crippen LogP contribution in [0, 0.1) is 0 Å². The van der Waals surface area contributed by atoms with Crippen LogP contribution >= 0.6 is 35.3 Å². The average Bonchev–Trinajstić information content (AvgIpc) is 2.70. The fourth-order valence-electron chi connectivity index (χ4n) is 2.40. The summed E-state index contributed by atoms with van der Waals surface area (Å²) < 4.78 is 0.172. The molecular weight excluding hydrogens is 282 g/mol. The van der Waals surface area contributed by atoms with Gasteiger partial charge in [0.05, 0.1) is 5.75 Å². The Hall–Kier alpha value is 0.520. The van der Waals surface area contributed by atoms with Gasteiger partial charge in [-0.15, -0.1) is 11.8 Å². The number of hydrogen-bond donors (Lipinski definition) is 1. The summed E-state index contributed by atoms with van der Waals surface area (Å²) in [5, 5.41) is 4.70. The number of rotatable bonds is 3. The number of carbonyl (C=O) groups excluding carboxylic acids is 1. The fraction of sp³-hybridized carbons (Fsp3) is 0.923. The molecule has 1 saturated heterocycles. The largest absolute Gasteiger partial charge is 0.351 e. The van der Waals surface area contributed by atoms with Crippen molar-refractivity contribution in [3.05, 3.63) is 0 Å². The van der Waals surface area contributed by atoms with Gasteiger partial charge < -0.3 is 5.32 Å². The molecule has 0 bridgehead atoms. The fourth-order valence-corrected chi connectivity index (χ4v) is 6.33. The summed E-state index contributed by atoms with van der Waals surface area (Å²) in [6.07, 6.45) is 2.45. The Labute approximate surface area is 123 Å². The number of nitrogens with one attached hydrogen (secondary N) is 1. The van der Waals surface area contributed by atoms with Crippen molar-refractivity contribution < 1.29 is 4.79 Å². The summed E-state index contributed by atoms with van der Waals surface area (Å²) in [6, 6.07) is 0.417. The number of fused-ring (bicyclic) bond motifs is 1. The number of amides is 1. The van der Waals surface area contributed by atoms with Crippen LogP contribution in [0.3, 0.4) is 0 Å². The van der Waals surface area contributed by atoms with Crippen molar-refractivity contribution in [3.8, 4) is 0 Å². The third-order valence-electron chi connectivity index (χ3n) is 3.23. The van der Waals surface area contributed by atoms with Crippen LogP contribution in [0.4, 0.5) is 0 Å². The van der Waals surface area contributed by atoms with Gasteiger partial charge in [-0.25, -0.2) is 0 Å². The molecule has 0 aromatic carbocycles. The van der Waals surface area contributed by atoms with E-state index >= 15 is 0 Å². The maximum absolute atomic E-state index is 12.0. The van der Waals surface area contributed by atoms with E-state index in [-0.39, 0.29) is 10.7 Å². The van der Waals surface area contributed by atoms with Crippen molar-refractivity contribution in [2.24, 2.45) is 0 Å². The van der Waals surface area contributed by atoms with Crippen molar-refractivity contribution in [1.82, 2.24) is 5.32 Å². The number of thioether (sulfide) groups is 3. The molecule has 2 aliphatic rings. The molecule has 1 amide bonds. The van der Waals surface area contributed by atoms with Gasteiger partial charge >= 0.3 is 0 Å². The Morgan fingerprint density at radius 3 is 2.72 bits per heavy atom. The van der Waals surface area contributed by atoms with Crippen LogP contribution in [0.1, 0.15) is 33.6 Å². The highest BCUT2D eigenvalue weighted by Crippen LogP contribution is 2.42. The Balaban J connectivity index is 1.77. The Bertz CT molecular complexity index is 303. The Morgan fingerprint density at radius 1 is 1.28 bits per heavy atom. The maximum atomic E-state index is 12.0. The minimum atomic E-state index is 0.172. The SMILES string of the molecule is CC(C)(C)SCC(=O)NC1CCC2SCCSC12. The second-order valence-corrected chi connectivity index (χ2v) is 10.3. The van der Waals surface area contributed by atoms with Gasteiger partial charge in [-0.1, -0.05) is 20.8 Å². The second-order valence-electron chi connectivity index (χ2n) is 5.90. The van der Waals surface area contributed by atoms with E-state index in [0.717, 1.165) is 5.25 Å². The lowest BCUT2D eigenvalue weighted by atomic mass is 10.2. The summed E-state index contributed by atoms with van der Waals surface area (Å²) in [5.74, 6) is 3.34. The molecule has 3 atom stereocenters. The zero-order valence-corrected chi connectivity index (χ0v) is 13.9. The standard InChI is InChI=1S/C13H23NOS3/c1-13(2,3)18-8-11(15)14-9-4-5-10-12(9)17-7-6-16-10/h9-10,12H,4-8H2,1-3H3,(H,14,15). The minimum Gasteiger partial charge on any atom is -0.351 e. The van der Waals surface area contributed by atoms with Gasteiger partial charge in [-0.2, -0.15) is 23.5 Å². The van der Waals surface area contributed by atoms with E-state index in [0.29, 0.717) is 17.0 Å². The zero-order valence-electron chi connectivity index (χ0n) is 11.4. The van der Waals surface area contributed by atoms with Crippen LogP contribution in [0.2, 0.25) is 0 Å². The molecule has 104 valence electrons. The van der Waals surface area contributed by atoms with E-state index in [1.165, 1.54) is 24.3 Å². The van der Waals surface area contributed by atoms with E-state index in [1.807, 2.05) is 0 Å². The topological polar surface area (TPSA) is 29.1 Å². The Morgan fingerprint density at radius 2 is 2.00 bits per heavy atom. The third kappa shape index (κ3) is 4.27. The van der Waals surface area contributed by atoms with Crippen molar-refractivity contribution in [2.75, 3.05) is 17.3 Å². The number of hydrogen-bond acceptors (Lipinski definition) is 4. The first kappa shape index (κ1) is 14.9. The van der Waals surface area contributed by atoms with Crippen LogP contribution in [-0.4, -0.2) is 44.5 Å². The number of carbonyl (C=O) groups is 1. The molecule has 2 fully saturated rings. The van der Waals surface area contributed by atoms with Gasteiger partial charge in [-0.3, -0.25) is 4.79 Å². The highest BCUT2D eigenvalue weighted by Gasteiger charge is 2.39. The quantitative estimate of drug-likeness (QED) is 0.868. The molecule has 1 N–H and O–H groups in total. The highest BCUT2D eigenvalue weighted by atomic mass is 32.2. The molecule has 1 saturated carbocycles. The molecule has 1 heterocycles. The van der Waals surface area contributed by atoms with Crippen LogP contribution in [-0.2, 0) is 4.79 Å². The van der Waals surface area contributed by atoms with Crippen molar-refractivity contribution in [1.29, 1.82) is 0 Å². The molecule has 5 heteroatoms. The minimum absolute atomic E-state index is 0.172. The Kier molecular flexibility index (Phi) is 5.23. The first-order valence-corrected chi connectivity index (χ1v) is 9.70. The van der Waals surface area contributed by atoms with Gasteiger partial charge in [0.2, 0.25) is 5.91 Å². The predicted octanol–water partition coefficient (Wildman–Crippen LogP) is 3.01. The molecule has 2 rings (SSSR count). The van der Waals surface area contributed by atoms with Gasteiger partial charge in [0.15, 0.2) is 0 Å². The summed E-state index contributed by atoms with van der Waals surface area (Å²) in [7, 11) is 0. The molecule has 0 aromatic heterocycles. The normalized spacial score (nSPS) is 32.1. The average molecular weight is 306 g/mol. The molecule has 3 unspecified atom stereocenters. The zero-order chi connectivity index (χ0) is 13.2. The lowest BCUT2D eigenvalue weighted by molar-refractivity contribution is -0.119. The molecule has 1 aliphatic carbocycles.